The second-order valence-corrected chi connectivity index (χ2v) is 6.56. The van der Waals surface area contributed by atoms with Crippen LogP contribution in [-0.2, 0) is 4.79 Å². The number of halogens is 1. The minimum Gasteiger partial charge on any atom is -0.496 e. The summed E-state index contributed by atoms with van der Waals surface area (Å²) in [7, 11) is 1.43. The van der Waals surface area contributed by atoms with Crippen molar-refractivity contribution >= 4 is 29.7 Å². The second kappa shape index (κ2) is 9.50. The second-order valence-electron chi connectivity index (χ2n) is 6.56. The highest BCUT2D eigenvalue weighted by Crippen LogP contribution is 2.29. The SMILES string of the molecule is COc1ccc(NC(=O)CN2C[C@@H](N)[C@H](c3ccccc3)C2)c([N+](=O)[O-])c1.Cl. The fourth-order valence-corrected chi connectivity index (χ4v) is 3.38. The lowest BCUT2D eigenvalue weighted by molar-refractivity contribution is -0.384. The van der Waals surface area contributed by atoms with E-state index in [-0.39, 0.29) is 48.2 Å². The molecular formula is C19H23ClN4O4. The number of anilines is 1. The molecule has 2 aromatic rings. The third-order valence-electron chi connectivity index (χ3n) is 4.71. The summed E-state index contributed by atoms with van der Waals surface area (Å²) >= 11 is 0. The highest BCUT2D eigenvalue weighted by atomic mass is 35.5. The first-order valence-electron chi connectivity index (χ1n) is 8.63. The lowest BCUT2D eigenvalue weighted by Crippen LogP contribution is -2.33. The maximum atomic E-state index is 12.4. The number of nitrogens with one attached hydrogen (secondary N) is 1. The summed E-state index contributed by atoms with van der Waals surface area (Å²) in [6.45, 7) is 1.39. The van der Waals surface area contributed by atoms with Gasteiger partial charge in [0.1, 0.15) is 11.4 Å². The molecule has 0 aromatic heterocycles. The molecule has 1 saturated heterocycles. The Labute approximate surface area is 169 Å². The molecule has 3 N–H and O–H groups in total. The number of carbonyl (C=O) groups excluding carboxylic acids is 1. The number of nitro benzene ring substituents is 1. The van der Waals surface area contributed by atoms with E-state index in [1.165, 1.54) is 19.2 Å². The van der Waals surface area contributed by atoms with Crippen molar-refractivity contribution in [3.63, 3.8) is 0 Å². The highest BCUT2D eigenvalue weighted by molar-refractivity contribution is 5.94. The average molecular weight is 407 g/mol. The summed E-state index contributed by atoms with van der Waals surface area (Å²) in [4.78, 5) is 25.0. The molecule has 1 aliphatic rings. The zero-order valence-electron chi connectivity index (χ0n) is 15.4. The molecule has 0 bridgehead atoms. The molecule has 2 atom stereocenters. The van der Waals surface area contributed by atoms with Crippen LogP contribution >= 0.6 is 12.4 Å². The van der Waals surface area contributed by atoms with Gasteiger partial charge in [-0.05, 0) is 17.7 Å². The fourth-order valence-electron chi connectivity index (χ4n) is 3.38. The van der Waals surface area contributed by atoms with Crippen molar-refractivity contribution in [2.24, 2.45) is 5.73 Å². The third kappa shape index (κ3) is 4.98. The topological polar surface area (TPSA) is 111 Å². The molecule has 2 aromatic carbocycles. The minimum atomic E-state index is -0.546. The molecule has 8 nitrogen and oxygen atoms in total. The Morgan fingerprint density at radius 2 is 2.00 bits per heavy atom. The van der Waals surface area contributed by atoms with Crippen LogP contribution in [0.25, 0.3) is 0 Å². The number of methoxy groups -OCH3 is 1. The molecule has 1 heterocycles. The molecule has 0 saturated carbocycles. The summed E-state index contributed by atoms with van der Waals surface area (Å²) in [5, 5.41) is 13.9. The smallest absolute Gasteiger partial charge is 0.296 e. The Hall–Kier alpha value is -2.68. The quantitative estimate of drug-likeness (QED) is 0.563. The van der Waals surface area contributed by atoms with Crippen LogP contribution < -0.4 is 15.8 Å². The van der Waals surface area contributed by atoms with Crippen molar-refractivity contribution in [2.75, 3.05) is 32.1 Å². The zero-order valence-corrected chi connectivity index (χ0v) is 16.2. The van der Waals surface area contributed by atoms with Crippen molar-refractivity contribution in [3.8, 4) is 5.75 Å². The molecule has 0 spiro atoms. The Bertz CT molecular complexity index is 834. The molecule has 150 valence electrons. The molecule has 3 rings (SSSR count). The summed E-state index contributed by atoms with van der Waals surface area (Å²) in [5.41, 5.74) is 7.34. The van der Waals surface area contributed by atoms with E-state index in [1.54, 1.807) is 6.07 Å². The number of hydrogen-bond donors (Lipinski definition) is 2. The molecule has 1 amide bonds. The number of benzene rings is 2. The molecule has 0 radical (unpaired) electrons. The van der Waals surface area contributed by atoms with E-state index in [0.717, 1.165) is 5.56 Å². The van der Waals surface area contributed by atoms with E-state index >= 15 is 0 Å². The van der Waals surface area contributed by atoms with Crippen molar-refractivity contribution in [3.05, 3.63) is 64.2 Å². The minimum absolute atomic E-state index is 0. The summed E-state index contributed by atoms with van der Waals surface area (Å²) in [5.74, 6) is 0.203. The average Bonchev–Trinajstić information content (AvgIpc) is 3.02. The Morgan fingerprint density at radius 3 is 2.64 bits per heavy atom. The van der Waals surface area contributed by atoms with Gasteiger partial charge in [0.05, 0.1) is 24.6 Å². The number of rotatable bonds is 6. The molecule has 1 fully saturated rings. The summed E-state index contributed by atoms with van der Waals surface area (Å²) in [6, 6.07) is 14.2. The van der Waals surface area contributed by atoms with Crippen molar-refractivity contribution in [2.45, 2.75) is 12.0 Å². The molecule has 28 heavy (non-hydrogen) atoms. The monoisotopic (exact) mass is 406 g/mol. The lowest BCUT2D eigenvalue weighted by Gasteiger charge is -2.16. The van der Waals surface area contributed by atoms with Gasteiger partial charge in [-0.3, -0.25) is 19.8 Å². The number of likely N-dealkylation sites (tertiary alicyclic amines) is 1. The van der Waals surface area contributed by atoms with Crippen LogP contribution in [0.2, 0.25) is 0 Å². The van der Waals surface area contributed by atoms with Crippen LogP contribution in [0, 0.1) is 10.1 Å². The van der Waals surface area contributed by atoms with Crippen LogP contribution in [0.3, 0.4) is 0 Å². The molecule has 0 aliphatic carbocycles. The first-order valence-corrected chi connectivity index (χ1v) is 8.63. The first-order chi connectivity index (χ1) is 13.0. The van der Waals surface area contributed by atoms with E-state index in [4.69, 9.17) is 10.5 Å². The van der Waals surface area contributed by atoms with Crippen molar-refractivity contribution in [1.29, 1.82) is 0 Å². The number of carbonyl (C=O) groups is 1. The Morgan fingerprint density at radius 1 is 1.29 bits per heavy atom. The number of amides is 1. The third-order valence-corrected chi connectivity index (χ3v) is 4.71. The van der Waals surface area contributed by atoms with Gasteiger partial charge in [0, 0.05) is 25.0 Å². The predicted octanol–water partition coefficient (Wildman–Crippen LogP) is 2.39. The van der Waals surface area contributed by atoms with Gasteiger partial charge in [0.15, 0.2) is 0 Å². The van der Waals surface area contributed by atoms with E-state index in [0.29, 0.717) is 18.8 Å². The number of hydrogen-bond acceptors (Lipinski definition) is 6. The van der Waals surface area contributed by atoms with Crippen LogP contribution in [0.15, 0.2) is 48.5 Å². The van der Waals surface area contributed by atoms with Crippen LogP contribution in [0.5, 0.6) is 5.75 Å². The first kappa shape index (κ1) is 21.6. The molecule has 1 aliphatic heterocycles. The van der Waals surface area contributed by atoms with E-state index in [1.807, 2.05) is 35.2 Å². The maximum Gasteiger partial charge on any atom is 0.296 e. The number of nitrogens with two attached hydrogens (primary N) is 1. The van der Waals surface area contributed by atoms with E-state index in [9.17, 15) is 14.9 Å². The van der Waals surface area contributed by atoms with Gasteiger partial charge in [0.25, 0.3) is 5.69 Å². The molecule has 0 unspecified atom stereocenters. The van der Waals surface area contributed by atoms with Crippen molar-refractivity contribution < 1.29 is 14.5 Å². The van der Waals surface area contributed by atoms with Crippen LogP contribution in [0.1, 0.15) is 11.5 Å². The lowest BCUT2D eigenvalue weighted by atomic mass is 9.95. The number of nitrogens with zero attached hydrogens (tertiary/aromatic N) is 2. The van der Waals surface area contributed by atoms with Gasteiger partial charge >= 0.3 is 0 Å². The highest BCUT2D eigenvalue weighted by Gasteiger charge is 2.32. The van der Waals surface area contributed by atoms with E-state index < -0.39 is 4.92 Å². The zero-order chi connectivity index (χ0) is 19.4. The van der Waals surface area contributed by atoms with Crippen molar-refractivity contribution in [1.82, 2.24) is 4.90 Å². The normalized spacial score (nSPS) is 18.9. The van der Waals surface area contributed by atoms with Crippen LogP contribution in [-0.4, -0.2) is 48.5 Å². The predicted molar refractivity (Wildman–Crippen MR) is 109 cm³/mol. The maximum absolute atomic E-state index is 12.4. The number of nitro groups is 1. The van der Waals surface area contributed by atoms with E-state index in [2.05, 4.69) is 5.32 Å². The molecular weight excluding hydrogens is 384 g/mol. The van der Waals surface area contributed by atoms with Gasteiger partial charge in [-0.25, -0.2) is 0 Å². The van der Waals surface area contributed by atoms with Gasteiger partial charge in [-0.1, -0.05) is 30.3 Å². The van der Waals surface area contributed by atoms with Gasteiger partial charge < -0.3 is 15.8 Å². The summed E-state index contributed by atoms with van der Waals surface area (Å²) in [6.07, 6.45) is 0. The number of ether oxygens (including phenoxy) is 1. The Kier molecular flexibility index (Phi) is 7.33. The molecule has 9 heteroatoms. The van der Waals surface area contributed by atoms with Crippen LogP contribution in [0.4, 0.5) is 11.4 Å². The standard InChI is InChI=1S/C19H22N4O4.ClH/c1-27-14-7-8-17(18(9-14)23(25)26)21-19(24)12-22-10-15(16(20)11-22)13-5-3-2-4-6-13;/h2-9,15-16H,10-12,20H2,1H3,(H,21,24);1H/t15-,16+;/m0./s1. The van der Waals surface area contributed by atoms with Gasteiger partial charge in [0.2, 0.25) is 5.91 Å². The van der Waals surface area contributed by atoms with Gasteiger partial charge in [-0.2, -0.15) is 0 Å². The fraction of sp³-hybridized carbons (Fsp3) is 0.316. The summed E-state index contributed by atoms with van der Waals surface area (Å²) < 4.78 is 5.00. The Balaban J connectivity index is 0.00000280. The van der Waals surface area contributed by atoms with Gasteiger partial charge in [-0.15, -0.1) is 12.4 Å². The largest absolute Gasteiger partial charge is 0.496 e.